The maximum Gasteiger partial charge on any atom is 0.329 e. The van der Waals surface area contributed by atoms with Gasteiger partial charge in [-0.05, 0) is 37.1 Å². The van der Waals surface area contributed by atoms with Gasteiger partial charge >= 0.3 is 5.97 Å². The number of ether oxygens (including phenoxy) is 2. The zero-order valence-electron chi connectivity index (χ0n) is 12.2. The minimum atomic E-state index is -1.06. The highest BCUT2D eigenvalue weighted by atomic mass is 16.5. The van der Waals surface area contributed by atoms with Crippen LogP contribution < -0.4 is 10.1 Å². The lowest BCUT2D eigenvalue weighted by Crippen LogP contribution is -2.43. The van der Waals surface area contributed by atoms with Crippen molar-refractivity contribution in [2.24, 2.45) is 0 Å². The Morgan fingerprint density at radius 1 is 1.18 bits per heavy atom. The predicted molar refractivity (Wildman–Crippen MR) is 78.0 cm³/mol. The molecule has 1 aliphatic carbocycles. The summed E-state index contributed by atoms with van der Waals surface area (Å²) in [7, 11) is 0. The molecule has 1 heterocycles. The van der Waals surface area contributed by atoms with E-state index in [2.05, 4.69) is 5.32 Å². The summed E-state index contributed by atoms with van der Waals surface area (Å²) in [5.74, 6) is -0.624. The van der Waals surface area contributed by atoms with Gasteiger partial charge in [0.1, 0.15) is 17.4 Å². The Labute approximate surface area is 128 Å². The molecule has 0 spiro atoms. The number of carboxylic acid groups (broad SMARTS) is 1. The van der Waals surface area contributed by atoms with Gasteiger partial charge in [-0.3, -0.25) is 4.79 Å². The van der Waals surface area contributed by atoms with E-state index >= 15 is 0 Å². The van der Waals surface area contributed by atoms with E-state index < -0.39 is 11.5 Å². The highest BCUT2D eigenvalue weighted by molar-refractivity contribution is 5.99. The molecule has 2 N–H and O–H groups in total. The van der Waals surface area contributed by atoms with Crippen molar-refractivity contribution in [2.45, 2.75) is 37.3 Å². The fourth-order valence-electron chi connectivity index (χ4n) is 2.48. The standard InChI is InChI=1S/C16H19NO5/c18-14(17-16(7-8-16)15(19)20)11-1-3-12(4-2-11)22-13-5-9-21-10-6-13/h1-4,13H,5-10H2,(H,17,18)(H,19,20). The Morgan fingerprint density at radius 2 is 1.82 bits per heavy atom. The van der Waals surface area contributed by atoms with Crippen molar-refractivity contribution in [2.75, 3.05) is 13.2 Å². The third-order valence-electron chi connectivity index (χ3n) is 4.10. The maximum absolute atomic E-state index is 12.1. The van der Waals surface area contributed by atoms with E-state index in [4.69, 9.17) is 14.6 Å². The van der Waals surface area contributed by atoms with E-state index in [0.29, 0.717) is 37.4 Å². The van der Waals surface area contributed by atoms with E-state index in [-0.39, 0.29) is 12.0 Å². The zero-order chi connectivity index (χ0) is 15.6. The molecule has 0 bridgehead atoms. The van der Waals surface area contributed by atoms with Crippen LogP contribution in [-0.2, 0) is 9.53 Å². The van der Waals surface area contributed by atoms with Crippen LogP contribution >= 0.6 is 0 Å². The molecule has 1 saturated carbocycles. The van der Waals surface area contributed by atoms with Crippen LogP contribution in [0, 0.1) is 0 Å². The quantitative estimate of drug-likeness (QED) is 0.863. The lowest BCUT2D eigenvalue weighted by Gasteiger charge is -2.23. The van der Waals surface area contributed by atoms with Gasteiger partial charge in [-0.25, -0.2) is 4.79 Å². The number of benzene rings is 1. The number of nitrogens with one attached hydrogen (secondary N) is 1. The third-order valence-corrected chi connectivity index (χ3v) is 4.10. The first-order valence-corrected chi connectivity index (χ1v) is 7.49. The number of rotatable bonds is 5. The number of hydrogen-bond donors (Lipinski definition) is 2. The lowest BCUT2D eigenvalue weighted by molar-refractivity contribution is -0.140. The first kappa shape index (κ1) is 14.8. The minimum absolute atomic E-state index is 0.148. The fourth-order valence-corrected chi connectivity index (χ4v) is 2.48. The summed E-state index contributed by atoms with van der Waals surface area (Å²) in [6.45, 7) is 1.42. The van der Waals surface area contributed by atoms with Gasteiger partial charge in [0.05, 0.1) is 13.2 Å². The molecule has 1 aromatic carbocycles. The molecule has 6 nitrogen and oxygen atoms in total. The summed E-state index contributed by atoms with van der Waals surface area (Å²) in [4.78, 5) is 23.2. The number of amides is 1. The normalized spacial score (nSPS) is 20.2. The summed E-state index contributed by atoms with van der Waals surface area (Å²) < 4.78 is 11.1. The number of carbonyl (C=O) groups excluding carboxylic acids is 1. The summed E-state index contributed by atoms with van der Waals surface area (Å²) in [6.07, 6.45) is 2.85. The van der Waals surface area contributed by atoms with Crippen LogP contribution in [0.15, 0.2) is 24.3 Å². The topological polar surface area (TPSA) is 84.9 Å². The molecular formula is C16H19NO5. The van der Waals surface area contributed by atoms with Crippen LogP contribution in [0.25, 0.3) is 0 Å². The molecule has 1 amide bonds. The van der Waals surface area contributed by atoms with Crippen molar-refractivity contribution >= 4 is 11.9 Å². The first-order valence-electron chi connectivity index (χ1n) is 7.49. The molecule has 0 atom stereocenters. The van der Waals surface area contributed by atoms with E-state index in [1.54, 1.807) is 24.3 Å². The van der Waals surface area contributed by atoms with Gasteiger partial charge in [0.25, 0.3) is 5.91 Å². The molecule has 2 aliphatic rings. The average molecular weight is 305 g/mol. The largest absolute Gasteiger partial charge is 0.490 e. The molecule has 2 fully saturated rings. The third kappa shape index (κ3) is 3.22. The molecule has 1 aromatic rings. The van der Waals surface area contributed by atoms with Crippen molar-refractivity contribution in [1.82, 2.24) is 5.32 Å². The highest BCUT2D eigenvalue weighted by Crippen LogP contribution is 2.35. The summed E-state index contributed by atoms with van der Waals surface area (Å²) >= 11 is 0. The van der Waals surface area contributed by atoms with E-state index in [0.717, 1.165) is 12.8 Å². The monoisotopic (exact) mass is 305 g/mol. The Kier molecular flexibility index (Phi) is 4.02. The van der Waals surface area contributed by atoms with Crippen LogP contribution in [0.4, 0.5) is 0 Å². The number of carboxylic acids is 1. The van der Waals surface area contributed by atoms with Gasteiger partial charge in [0.2, 0.25) is 0 Å². The summed E-state index contributed by atoms with van der Waals surface area (Å²) in [5, 5.41) is 11.7. The smallest absolute Gasteiger partial charge is 0.329 e. The summed E-state index contributed by atoms with van der Waals surface area (Å²) in [6, 6.07) is 6.79. The van der Waals surface area contributed by atoms with Gasteiger partial charge in [0.15, 0.2) is 0 Å². The van der Waals surface area contributed by atoms with Gasteiger partial charge in [0, 0.05) is 18.4 Å². The molecule has 1 aliphatic heterocycles. The van der Waals surface area contributed by atoms with Crippen molar-refractivity contribution < 1.29 is 24.2 Å². The molecule has 0 unspecified atom stereocenters. The van der Waals surface area contributed by atoms with Crippen molar-refractivity contribution in [3.05, 3.63) is 29.8 Å². The molecule has 118 valence electrons. The highest BCUT2D eigenvalue weighted by Gasteiger charge is 2.51. The number of hydrogen-bond acceptors (Lipinski definition) is 4. The Bertz CT molecular complexity index is 558. The Balaban J connectivity index is 1.59. The Hall–Kier alpha value is -2.08. The molecule has 1 saturated heterocycles. The van der Waals surface area contributed by atoms with Crippen molar-refractivity contribution in [3.8, 4) is 5.75 Å². The lowest BCUT2D eigenvalue weighted by atomic mass is 10.1. The van der Waals surface area contributed by atoms with E-state index in [1.165, 1.54) is 0 Å². The molecule has 0 radical (unpaired) electrons. The molecule has 22 heavy (non-hydrogen) atoms. The van der Waals surface area contributed by atoms with Crippen molar-refractivity contribution in [3.63, 3.8) is 0 Å². The number of carbonyl (C=O) groups is 2. The maximum atomic E-state index is 12.1. The van der Waals surface area contributed by atoms with E-state index in [9.17, 15) is 9.59 Å². The first-order chi connectivity index (χ1) is 10.6. The van der Waals surface area contributed by atoms with Crippen LogP contribution in [-0.4, -0.2) is 41.8 Å². The molecular weight excluding hydrogens is 286 g/mol. The molecule has 0 aromatic heterocycles. The zero-order valence-corrected chi connectivity index (χ0v) is 12.2. The molecule has 3 rings (SSSR count). The summed E-state index contributed by atoms with van der Waals surface area (Å²) in [5.41, 5.74) is -0.624. The minimum Gasteiger partial charge on any atom is -0.490 e. The van der Waals surface area contributed by atoms with Gasteiger partial charge in [-0.2, -0.15) is 0 Å². The van der Waals surface area contributed by atoms with Crippen LogP contribution in [0.5, 0.6) is 5.75 Å². The van der Waals surface area contributed by atoms with Gasteiger partial charge in [-0.15, -0.1) is 0 Å². The second-order valence-electron chi connectivity index (χ2n) is 5.80. The van der Waals surface area contributed by atoms with E-state index in [1.807, 2.05) is 0 Å². The Morgan fingerprint density at radius 3 is 2.36 bits per heavy atom. The van der Waals surface area contributed by atoms with Crippen LogP contribution in [0.1, 0.15) is 36.0 Å². The molecule has 6 heteroatoms. The second-order valence-corrected chi connectivity index (χ2v) is 5.80. The number of aliphatic carboxylic acids is 1. The SMILES string of the molecule is O=C(NC1(C(=O)O)CC1)c1ccc(OC2CCOCC2)cc1. The average Bonchev–Trinajstić information content (AvgIpc) is 3.30. The fraction of sp³-hybridized carbons (Fsp3) is 0.500. The van der Waals surface area contributed by atoms with Crippen molar-refractivity contribution in [1.29, 1.82) is 0 Å². The van der Waals surface area contributed by atoms with Crippen LogP contribution in [0.2, 0.25) is 0 Å². The predicted octanol–water partition coefficient (Wildman–Crippen LogP) is 1.59. The van der Waals surface area contributed by atoms with Gasteiger partial charge < -0.3 is 19.9 Å². The second kappa shape index (κ2) is 5.96. The van der Waals surface area contributed by atoms with Crippen LogP contribution in [0.3, 0.4) is 0 Å². The van der Waals surface area contributed by atoms with Gasteiger partial charge in [-0.1, -0.05) is 0 Å².